The Balaban J connectivity index is 1.27. The van der Waals surface area contributed by atoms with Crippen LogP contribution in [0.15, 0.2) is 91.0 Å². The van der Waals surface area contributed by atoms with Gasteiger partial charge in [-0.2, -0.15) is 0 Å². The molecule has 0 aromatic heterocycles. The van der Waals surface area contributed by atoms with E-state index < -0.39 is 14.4 Å². The van der Waals surface area contributed by atoms with Gasteiger partial charge in [0.05, 0.1) is 25.9 Å². The van der Waals surface area contributed by atoms with Crippen LogP contribution in [0.2, 0.25) is 5.04 Å². The molecule has 2 fully saturated rings. The third-order valence-electron chi connectivity index (χ3n) is 10.3. The summed E-state index contributed by atoms with van der Waals surface area (Å²) >= 11 is 0. The van der Waals surface area contributed by atoms with Crippen LogP contribution in [0.1, 0.15) is 71.3 Å². The third kappa shape index (κ3) is 7.38. The number of aliphatic hydroxyl groups is 2. The molecule has 1 spiro atoms. The van der Waals surface area contributed by atoms with E-state index >= 15 is 0 Å². The maximum atomic E-state index is 11.2. The Bertz CT molecular complexity index is 1230. The Hall–Kier alpha value is -2.32. The van der Waals surface area contributed by atoms with Crippen molar-refractivity contribution in [2.75, 3.05) is 19.8 Å². The van der Waals surface area contributed by atoms with Crippen LogP contribution in [0.5, 0.6) is 0 Å². The molecule has 0 bridgehead atoms. The van der Waals surface area contributed by atoms with E-state index in [0.717, 1.165) is 44.3 Å². The summed E-state index contributed by atoms with van der Waals surface area (Å²) in [4.78, 5) is 0. The summed E-state index contributed by atoms with van der Waals surface area (Å²) in [5.41, 5.74) is 1.13. The summed E-state index contributed by atoms with van der Waals surface area (Å²) in [6.07, 6.45) is 6.87. The van der Waals surface area contributed by atoms with Crippen molar-refractivity contribution in [3.05, 3.63) is 96.6 Å². The molecule has 0 amide bonds. The molecule has 238 valence electrons. The number of piperidine rings is 1. The number of hydrogen-bond acceptors (Lipinski definition) is 5. The van der Waals surface area contributed by atoms with Gasteiger partial charge in [0.2, 0.25) is 0 Å². The Labute approximate surface area is 266 Å². The normalized spacial score (nSPS) is 23.9. The molecule has 1 saturated carbocycles. The van der Waals surface area contributed by atoms with Crippen LogP contribution in [0.25, 0.3) is 0 Å². The molecule has 5 atom stereocenters. The molecule has 44 heavy (non-hydrogen) atoms. The lowest BCUT2D eigenvalue weighted by Gasteiger charge is -2.47. The predicted molar refractivity (Wildman–Crippen MR) is 182 cm³/mol. The van der Waals surface area contributed by atoms with E-state index in [2.05, 4.69) is 86.8 Å². The second-order valence-electron chi connectivity index (χ2n) is 14.2. The Morgan fingerprint density at radius 2 is 1.43 bits per heavy atom. The maximum absolute atomic E-state index is 11.2. The Kier molecular flexibility index (Phi) is 11.2. The molecule has 0 unspecified atom stereocenters. The van der Waals surface area contributed by atoms with Gasteiger partial charge in [-0.05, 0) is 59.0 Å². The zero-order valence-electron chi connectivity index (χ0n) is 27.0. The zero-order chi connectivity index (χ0) is 31.0. The summed E-state index contributed by atoms with van der Waals surface area (Å²) < 4.78 is 13.3. The highest BCUT2D eigenvalue weighted by atomic mass is 28.4. The van der Waals surface area contributed by atoms with Gasteiger partial charge in [0.15, 0.2) is 0 Å². The average Bonchev–Trinajstić information content (AvgIpc) is 3.41. The van der Waals surface area contributed by atoms with E-state index in [4.69, 9.17) is 9.16 Å². The number of aliphatic hydroxyl groups excluding tert-OH is 2. The highest BCUT2D eigenvalue weighted by molar-refractivity contribution is 6.99. The molecular formula is C38H53NO4Si. The lowest BCUT2D eigenvalue weighted by Crippen LogP contribution is -2.67. The van der Waals surface area contributed by atoms with Crippen LogP contribution >= 0.6 is 0 Å². The molecule has 3 N–H and O–H groups in total. The van der Waals surface area contributed by atoms with Crippen molar-refractivity contribution < 1.29 is 19.4 Å². The highest BCUT2D eigenvalue weighted by Gasteiger charge is 2.52. The quantitative estimate of drug-likeness (QED) is 0.212. The Morgan fingerprint density at radius 3 is 2.00 bits per heavy atom. The smallest absolute Gasteiger partial charge is 0.261 e. The maximum Gasteiger partial charge on any atom is 0.261 e. The summed E-state index contributed by atoms with van der Waals surface area (Å²) in [5.74, 6) is 0.128. The van der Waals surface area contributed by atoms with Crippen LogP contribution < -0.4 is 15.7 Å². The molecule has 1 aliphatic heterocycles. The number of benzene rings is 3. The number of rotatable bonds is 13. The summed E-state index contributed by atoms with van der Waals surface area (Å²) in [6.45, 7) is 8.54. The van der Waals surface area contributed by atoms with Crippen molar-refractivity contribution in [2.45, 2.75) is 95.0 Å². The fourth-order valence-electron chi connectivity index (χ4n) is 7.96. The van der Waals surface area contributed by atoms with Crippen molar-refractivity contribution in [3.8, 4) is 0 Å². The molecule has 3 aromatic carbocycles. The second kappa shape index (κ2) is 14.8. The molecule has 2 aliphatic rings. The minimum absolute atomic E-state index is 0.0343. The van der Waals surface area contributed by atoms with Gasteiger partial charge in [-0.1, -0.05) is 125 Å². The van der Waals surface area contributed by atoms with Gasteiger partial charge in [0.25, 0.3) is 8.32 Å². The number of nitrogens with one attached hydrogen (secondary N) is 1. The van der Waals surface area contributed by atoms with Crippen molar-refractivity contribution in [3.63, 3.8) is 0 Å². The predicted octanol–water partition coefficient (Wildman–Crippen LogP) is 5.82. The van der Waals surface area contributed by atoms with Crippen LogP contribution in [0.3, 0.4) is 0 Å². The number of ether oxygens (including phenoxy) is 1. The molecule has 3 aromatic rings. The second-order valence-corrected chi connectivity index (χ2v) is 18.5. The van der Waals surface area contributed by atoms with Gasteiger partial charge in [-0.25, -0.2) is 0 Å². The topological polar surface area (TPSA) is 71.0 Å². The fourth-order valence-corrected chi connectivity index (χ4v) is 12.6. The number of hydrogen-bond donors (Lipinski definition) is 3. The Morgan fingerprint density at radius 1 is 0.864 bits per heavy atom. The molecule has 5 rings (SSSR count). The summed E-state index contributed by atoms with van der Waals surface area (Å²) in [7, 11) is -2.61. The average molecular weight is 616 g/mol. The first-order chi connectivity index (χ1) is 21.3. The van der Waals surface area contributed by atoms with E-state index in [1.165, 1.54) is 16.8 Å². The lowest BCUT2D eigenvalue weighted by molar-refractivity contribution is -0.0161. The van der Waals surface area contributed by atoms with Gasteiger partial charge >= 0.3 is 0 Å². The van der Waals surface area contributed by atoms with Gasteiger partial charge in [0.1, 0.15) is 0 Å². The summed E-state index contributed by atoms with van der Waals surface area (Å²) in [6, 6.07) is 32.1. The minimum Gasteiger partial charge on any atom is -0.407 e. The standard InChI is InChI=1S/C38H53NO4Si/c1-37(2,3)44(34-19-9-5-10-20-34,35-21-11-6-12-22-35)43-29-32-17-13-23-38(32)24-14-18-33(39-38)25-36(41)31(26-40)28-42-27-30-15-7-4-8-16-30/h4-12,15-16,19-22,31-33,36,39-41H,13-14,17-18,23-29H2,1-3H3/t31-,32-,33-,36-,38+/m1/s1. The molecular weight excluding hydrogens is 563 g/mol. The highest BCUT2D eigenvalue weighted by Crippen LogP contribution is 2.45. The van der Waals surface area contributed by atoms with E-state index in [9.17, 15) is 10.2 Å². The van der Waals surface area contributed by atoms with Gasteiger partial charge in [0, 0.05) is 24.1 Å². The third-order valence-corrected chi connectivity index (χ3v) is 15.3. The minimum atomic E-state index is -2.61. The van der Waals surface area contributed by atoms with Gasteiger partial charge < -0.3 is 24.7 Å². The van der Waals surface area contributed by atoms with Crippen molar-refractivity contribution in [1.82, 2.24) is 5.32 Å². The van der Waals surface area contributed by atoms with E-state index in [0.29, 0.717) is 25.6 Å². The van der Waals surface area contributed by atoms with Gasteiger partial charge in [-0.15, -0.1) is 0 Å². The molecule has 1 aliphatic carbocycles. The fraction of sp³-hybridized carbons (Fsp3) is 0.526. The first-order valence-electron chi connectivity index (χ1n) is 16.7. The summed E-state index contributed by atoms with van der Waals surface area (Å²) in [5, 5.41) is 28.0. The van der Waals surface area contributed by atoms with Crippen LogP contribution in [-0.4, -0.2) is 56.0 Å². The molecule has 0 radical (unpaired) electrons. The SMILES string of the molecule is CC(C)(C)[Si](OC[C@H]1CCC[C@]12CCC[C@H](C[C@@H](O)[C@H](CO)COCc1ccccc1)N2)(c1ccccc1)c1ccccc1. The first-order valence-corrected chi connectivity index (χ1v) is 18.6. The van der Waals surface area contributed by atoms with E-state index in [1.807, 2.05) is 30.3 Å². The van der Waals surface area contributed by atoms with E-state index in [-0.39, 0.29) is 29.1 Å². The van der Waals surface area contributed by atoms with Crippen molar-refractivity contribution >= 4 is 18.7 Å². The lowest BCUT2D eigenvalue weighted by atomic mass is 9.77. The van der Waals surface area contributed by atoms with Crippen molar-refractivity contribution in [2.24, 2.45) is 11.8 Å². The van der Waals surface area contributed by atoms with Crippen LogP contribution in [-0.2, 0) is 15.8 Å². The molecule has 1 heterocycles. The molecule has 5 nitrogen and oxygen atoms in total. The zero-order valence-corrected chi connectivity index (χ0v) is 28.0. The monoisotopic (exact) mass is 615 g/mol. The van der Waals surface area contributed by atoms with Crippen LogP contribution in [0, 0.1) is 11.8 Å². The largest absolute Gasteiger partial charge is 0.407 e. The van der Waals surface area contributed by atoms with E-state index in [1.54, 1.807) is 0 Å². The molecule has 6 heteroatoms. The van der Waals surface area contributed by atoms with Gasteiger partial charge in [-0.3, -0.25) is 0 Å². The first kappa shape index (κ1) is 33.1. The van der Waals surface area contributed by atoms with Crippen molar-refractivity contribution in [1.29, 1.82) is 0 Å². The van der Waals surface area contributed by atoms with Crippen LogP contribution in [0.4, 0.5) is 0 Å². The molecule has 1 saturated heterocycles.